The Hall–Kier alpha value is -2.12. The molecule has 0 aromatic heterocycles. The number of morpholine rings is 1. The fourth-order valence-corrected chi connectivity index (χ4v) is 3.43. The molecule has 1 N–H and O–H groups in total. The van der Waals surface area contributed by atoms with Gasteiger partial charge in [-0.3, -0.25) is 14.5 Å². The number of piperazine rings is 1. The third-order valence-corrected chi connectivity index (χ3v) is 4.82. The zero-order valence-corrected chi connectivity index (χ0v) is 15.3. The van der Waals surface area contributed by atoms with Gasteiger partial charge in [0.05, 0.1) is 32.3 Å². The molecule has 0 aliphatic carbocycles. The number of nitrogens with one attached hydrogen (secondary N) is 1. The first-order valence-electron chi connectivity index (χ1n) is 9.27. The number of amides is 2. The van der Waals surface area contributed by atoms with E-state index in [9.17, 15) is 9.59 Å². The molecule has 1 atom stereocenters. The number of benzene rings is 1. The van der Waals surface area contributed by atoms with E-state index in [1.165, 1.54) is 0 Å². The lowest BCUT2D eigenvalue weighted by molar-refractivity contribution is -0.141. The van der Waals surface area contributed by atoms with Crippen LogP contribution in [0.25, 0.3) is 0 Å². The summed E-state index contributed by atoms with van der Waals surface area (Å²) in [5.41, 5.74) is 1.04. The van der Waals surface area contributed by atoms with Gasteiger partial charge in [-0.15, -0.1) is 0 Å². The van der Waals surface area contributed by atoms with Gasteiger partial charge in [0.25, 0.3) is 0 Å². The summed E-state index contributed by atoms with van der Waals surface area (Å²) in [6, 6.07) is 7.41. The highest BCUT2D eigenvalue weighted by Crippen LogP contribution is 2.22. The van der Waals surface area contributed by atoms with Crippen molar-refractivity contribution in [2.24, 2.45) is 0 Å². The van der Waals surface area contributed by atoms with Gasteiger partial charge in [-0.05, 0) is 13.0 Å². The molecule has 7 heteroatoms. The highest BCUT2D eigenvalue weighted by molar-refractivity contribution is 5.88. The number of hydrogen-bond donors (Lipinski definition) is 1. The molecule has 3 rings (SSSR count). The molecule has 2 fully saturated rings. The average Bonchev–Trinajstić information content (AvgIpc) is 2.67. The van der Waals surface area contributed by atoms with Crippen LogP contribution in [0.1, 0.15) is 18.9 Å². The predicted octanol–water partition coefficient (Wildman–Crippen LogP) is 0.635. The Morgan fingerprint density at radius 1 is 1.27 bits per heavy atom. The minimum atomic E-state index is -0.450. The minimum Gasteiger partial charge on any atom is -0.494 e. The van der Waals surface area contributed by atoms with Crippen LogP contribution in [-0.4, -0.2) is 73.7 Å². The van der Waals surface area contributed by atoms with Crippen LogP contribution in [0.15, 0.2) is 24.3 Å². The van der Waals surface area contributed by atoms with Gasteiger partial charge in [-0.1, -0.05) is 18.2 Å². The van der Waals surface area contributed by atoms with Gasteiger partial charge < -0.3 is 19.7 Å². The molecular formula is C19H27N3O4. The Kier molecular flexibility index (Phi) is 6.46. The topological polar surface area (TPSA) is 71.1 Å². The Balaban J connectivity index is 1.70. The van der Waals surface area contributed by atoms with E-state index in [0.717, 1.165) is 11.3 Å². The van der Waals surface area contributed by atoms with E-state index in [4.69, 9.17) is 9.47 Å². The van der Waals surface area contributed by atoms with Crippen LogP contribution in [-0.2, 0) is 20.9 Å². The zero-order chi connectivity index (χ0) is 18.4. The molecule has 1 aromatic carbocycles. The maximum Gasteiger partial charge on any atom is 0.237 e. The van der Waals surface area contributed by atoms with Crippen LogP contribution in [0.5, 0.6) is 5.75 Å². The first-order valence-corrected chi connectivity index (χ1v) is 9.27. The normalized spacial score (nSPS) is 21.3. The van der Waals surface area contributed by atoms with Gasteiger partial charge in [0.2, 0.25) is 11.8 Å². The monoisotopic (exact) mass is 361 g/mol. The van der Waals surface area contributed by atoms with Crippen molar-refractivity contribution in [2.75, 3.05) is 46.0 Å². The third-order valence-electron chi connectivity index (χ3n) is 4.82. The number of rotatable bonds is 6. The van der Waals surface area contributed by atoms with Crippen LogP contribution < -0.4 is 10.1 Å². The van der Waals surface area contributed by atoms with Crippen molar-refractivity contribution in [1.82, 2.24) is 15.1 Å². The molecule has 2 aliphatic heterocycles. The number of carbonyl (C=O) groups is 2. The highest BCUT2D eigenvalue weighted by atomic mass is 16.5. The molecule has 1 aromatic rings. The van der Waals surface area contributed by atoms with Crippen LogP contribution in [0, 0.1) is 0 Å². The molecular weight excluding hydrogens is 334 g/mol. The number of ether oxygens (including phenoxy) is 2. The second-order valence-corrected chi connectivity index (χ2v) is 6.52. The fourth-order valence-electron chi connectivity index (χ4n) is 3.43. The van der Waals surface area contributed by atoms with Gasteiger partial charge >= 0.3 is 0 Å². The molecule has 142 valence electrons. The molecule has 26 heavy (non-hydrogen) atoms. The SMILES string of the molecule is CCOc1ccccc1CN1CCNC(=O)[C@H]1CC(=O)N1CCOCC1. The maximum atomic E-state index is 12.6. The Labute approximate surface area is 154 Å². The van der Waals surface area contributed by atoms with Crippen LogP contribution in [0.4, 0.5) is 0 Å². The molecule has 0 unspecified atom stereocenters. The van der Waals surface area contributed by atoms with E-state index in [-0.39, 0.29) is 18.2 Å². The molecule has 2 heterocycles. The maximum absolute atomic E-state index is 12.6. The smallest absolute Gasteiger partial charge is 0.237 e. The number of nitrogens with zero attached hydrogens (tertiary/aromatic N) is 2. The minimum absolute atomic E-state index is 0.0124. The standard InChI is InChI=1S/C19H27N3O4/c1-2-26-17-6-4-3-5-15(17)14-22-8-7-20-19(24)16(22)13-18(23)21-9-11-25-12-10-21/h3-6,16H,2,7-14H2,1H3,(H,20,24)/t16-/m1/s1. The molecule has 0 bridgehead atoms. The van der Waals surface area contributed by atoms with E-state index in [1.54, 1.807) is 4.90 Å². The summed E-state index contributed by atoms with van der Waals surface area (Å²) in [6.07, 6.45) is 0.197. The lowest BCUT2D eigenvalue weighted by atomic mass is 10.1. The van der Waals surface area contributed by atoms with Crippen LogP contribution in [0.3, 0.4) is 0 Å². The highest BCUT2D eigenvalue weighted by Gasteiger charge is 2.33. The molecule has 2 aliphatic rings. The quantitative estimate of drug-likeness (QED) is 0.805. The van der Waals surface area contributed by atoms with Gasteiger partial charge in [0, 0.05) is 38.3 Å². The van der Waals surface area contributed by atoms with Crippen molar-refractivity contribution in [3.8, 4) is 5.75 Å². The number of carbonyl (C=O) groups excluding carboxylic acids is 2. The lowest BCUT2D eigenvalue weighted by Gasteiger charge is -2.36. The number of hydrogen-bond acceptors (Lipinski definition) is 5. The average molecular weight is 361 g/mol. The molecule has 2 saturated heterocycles. The van der Waals surface area contributed by atoms with Crippen LogP contribution >= 0.6 is 0 Å². The van der Waals surface area contributed by atoms with Crippen molar-refractivity contribution in [3.05, 3.63) is 29.8 Å². The van der Waals surface area contributed by atoms with Gasteiger partial charge in [0.1, 0.15) is 5.75 Å². The summed E-state index contributed by atoms with van der Waals surface area (Å²) in [4.78, 5) is 28.9. The lowest BCUT2D eigenvalue weighted by Crippen LogP contribution is -2.56. The molecule has 0 saturated carbocycles. The fraction of sp³-hybridized carbons (Fsp3) is 0.579. The van der Waals surface area contributed by atoms with Crippen molar-refractivity contribution in [2.45, 2.75) is 25.9 Å². The van der Waals surface area contributed by atoms with E-state index in [0.29, 0.717) is 52.5 Å². The van der Waals surface area contributed by atoms with E-state index >= 15 is 0 Å². The summed E-state index contributed by atoms with van der Waals surface area (Å²) in [5, 5.41) is 2.89. The van der Waals surface area contributed by atoms with Gasteiger partial charge in [0.15, 0.2) is 0 Å². The Morgan fingerprint density at radius 3 is 2.81 bits per heavy atom. The number of para-hydroxylation sites is 1. The zero-order valence-electron chi connectivity index (χ0n) is 15.3. The predicted molar refractivity (Wildman–Crippen MR) is 96.8 cm³/mol. The largest absolute Gasteiger partial charge is 0.494 e. The molecule has 2 amide bonds. The van der Waals surface area contributed by atoms with Crippen molar-refractivity contribution >= 4 is 11.8 Å². The Morgan fingerprint density at radius 2 is 2.04 bits per heavy atom. The summed E-state index contributed by atoms with van der Waals surface area (Å²) < 4.78 is 11.0. The van der Waals surface area contributed by atoms with Crippen molar-refractivity contribution in [1.29, 1.82) is 0 Å². The van der Waals surface area contributed by atoms with E-state index in [1.807, 2.05) is 31.2 Å². The third kappa shape index (κ3) is 4.53. The second kappa shape index (κ2) is 9.00. The first-order chi connectivity index (χ1) is 12.7. The Bertz CT molecular complexity index is 631. The molecule has 7 nitrogen and oxygen atoms in total. The second-order valence-electron chi connectivity index (χ2n) is 6.52. The summed E-state index contributed by atoms with van der Waals surface area (Å²) >= 11 is 0. The van der Waals surface area contributed by atoms with Crippen molar-refractivity contribution in [3.63, 3.8) is 0 Å². The van der Waals surface area contributed by atoms with Gasteiger partial charge in [-0.25, -0.2) is 0 Å². The van der Waals surface area contributed by atoms with E-state index in [2.05, 4.69) is 10.2 Å². The molecule has 0 spiro atoms. The van der Waals surface area contributed by atoms with Crippen LogP contribution in [0.2, 0.25) is 0 Å². The van der Waals surface area contributed by atoms with E-state index < -0.39 is 6.04 Å². The summed E-state index contributed by atoms with van der Waals surface area (Å²) in [5.74, 6) is 0.768. The van der Waals surface area contributed by atoms with Crippen molar-refractivity contribution < 1.29 is 19.1 Å². The summed E-state index contributed by atoms with van der Waals surface area (Å²) in [6.45, 7) is 6.77. The molecule has 0 radical (unpaired) electrons. The first kappa shape index (κ1) is 18.7. The summed E-state index contributed by atoms with van der Waals surface area (Å²) in [7, 11) is 0. The van der Waals surface area contributed by atoms with Gasteiger partial charge in [-0.2, -0.15) is 0 Å².